The van der Waals surface area contributed by atoms with Crippen LogP contribution in [0.3, 0.4) is 0 Å². The molecule has 1 heterocycles. The first kappa shape index (κ1) is 7.37. The van der Waals surface area contributed by atoms with Crippen molar-refractivity contribution in [1.29, 1.82) is 0 Å². The van der Waals surface area contributed by atoms with Crippen molar-refractivity contribution in [2.45, 2.75) is 13.0 Å². The van der Waals surface area contributed by atoms with E-state index in [9.17, 15) is 5.11 Å². The van der Waals surface area contributed by atoms with E-state index in [0.717, 1.165) is 10.8 Å². The Balaban J connectivity index is 2.70. The second-order valence-corrected chi connectivity index (χ2v) is 2.86. The predicted molar refractivity (Wildman–Crippen MR) is 46.8 cm³/mol. The lowest BCUT2D eigenvalue weighted by molar-refractivity contribution is 0.171. The number of aliphatic hydroxyl groups is 1. The SMILES string of the molecule is C[C@@H](O)c1occ2ccccc12. The summed E-state index contributed by atoms with van der Waals surface area (Å²) in [5.41, 5.74) is 0. The molecular formula is C10H10O2. The van der Waals surface area contributed by atoms with Crippen molar-refractivity contribution in [3.8, 4) is 0 Å². The van der Waals surface area contributed by atoms with Crippen LogP contribution in [0.1, 0.15) is 18.8 Å². The van der Waals surface area contributed by atoms with Crippen molar-refractivity contribution in [2.24, 2.45) is 0 Å². The number of hydrogen-bond acceptors (Lipinski definition) is 2. The van der Waals surface area contributed by atoms with Gasteiger partial charge < -0.3 is 9.52 Å². The Morgan fingerprint density at radius 3 is 2.83 bits per heavy atom. The van der Waals surface area contributed by atoms with E-state index in [0.29, 0.717) is 5.76 Å². The third kappa shape index (κ3) is 1.01. The highest BCUT2D eigenvalue weighted by atomic mass is 16.4. The van der Waals surface area contributed by atoms with Gasteiger partial charge in [0.2, 0.25) is 0 Å². The molecule has 0 aliphatic carbocycles. The van der Waals surface area contributed by atoms with Crippen LogP contribution >= 0.6 is 0 Å². The quantitative estimate of drug-likeness (QED) is 0.698. The minimum Gasteiger partial charge on any atom is -0.465 e. The summed E-state index contributed by atoms with van der Waals surface area (Å²) >= 11 is 0. The van der Waals surface area contributed by atoms with Crippen molar-refractivity contribution >= 4 is 10.8 Å². The molecule has 2 aromatic rings. The van der Waals surface area contributed by atoms with Crippen LogP contribution in [-0.4, -0.2) is 5.11 Å². The van der Waals surface area contributed by atoms with Gasteiger partial charge in [0.1, 0.15) is 11.9 Å². The number of hydrogen-bond donors (Lipinski definition) is 1. The van der Waals surface area contributed by atoms with Gasteiger partial charge in [-0.25, -0.2) is 0 Å². The van der Waals surface area contributed by atoms with Crippen LogP contribution in [0.15, 0.2) is 34.9 Å². The number of furan rings is 1. The lowest BCUT2D eigenvalue weighted by Crippen LogP contribution is -1.87. The monoisotopic (exact) mass is 162 g/mol. The molecule has 0 amide bonds. The average Bonchev–Trinajstić information content (AvgIpc) is 2.47. The van der Waals surface area contributed by atoms with E-state index in [4.69, 9.17) is 4.42 Å². The molecule has 1 atom stereocenters. The fraction of sp³-hybridized carbons (Fsp3) is 0.200. The standard InChI is InChI=1S/C10H10O2/c1-7(11)10-9-5-3-2-4-8(9)6-12-10/h2-7,11H,1H3/t7-/m1/s1. The van der Waals surface area contributed by atoms with Crippen molar-refractivity contribution < 1.29 is 9.52 Å². The lowest BCUT2D eigenvalue weighted by atomic mass is 10.1. The first-order chi connectivity index (χ1) is 5.79. The largest absolute Gasteiger partial charge is 0.465 e. The minimum absolute atomic E-state index is 0.537. The van der Waals surface area contributed by atoms with Gasteiger partial charge >= 0.3 is 0 Å². The molecule has 1 aromatic carbocycles. The highest BCUT2D eigenvalue weighted by Crippen LogP contribution is 2.25. The molecule has 62 valence electrons. The molecule has 2 nitrogen and oxygen atoms in total. The molecule has 0 bridgehead atoms. The van der Waals surface area contributed by atoms with E-state index in [1.807, 2.05) is 24.3 Å². The summed E-state index contributed by atoms with van der Waals surface area (Å²) in [6.07, 6.45) is 1.13. The van der Waals surface area contributed by atoms with Crippen LogP contribution in [0.5, 0.6) is 0 Å². The Kier molecular flexibility index (Phi) is 1.62. The van der Waals surface area contributed by atoms with Crippen LogP contribution in [0, 0.1) is 0 Å². The second kappa shape index (κ2) is 2.64. The molecular weight excluding hydrogens is 152 g/mol. The van der Waals surface area contributed by atoms with E-state index in [2.05, 4.69) is 0 Å². The maximum atomic E-state index is 9.32. The normalized spacial score (nSPS) is 13.5. The maximum Gasteiger partial charge on any atom is 0.139 e. The van der Waals surface area contributed by atoms with E-state index < -0.39 is 6.10 Å². The van der Waals surface area contributed by atoms with Gasteiger partial charge in [-0.3, -0.25) is 0 Å². The lowest BCUT2D eigenvalue weighted by Gasteiger charge is -1.98. The molecule has 0 aliphatic heterocycles. The Labute approximate surface area is 70.4 Å². The zero-order chi connectivity index (χ0) is 8.55. The van der Waals surface area contributed by atoms with E-state index in [1.54, 1.807) is 13.2 Å². The van der Waals surface area contributed by atoms with Gasteiger partial charge in [-0.1, -0.05) is 24.3 Å². The first-order valence-corrected chi connectivity index (χ1v) is 3.93. The molecule has 2 rings (SSSR count). The first-order valence-electron chi connectivity index (χ1n) is 3.93. The fourth-order valence-corrected chi connectivity index (χ4v) is 1.34. The van der Waals surface area contributed by atoms with Crippen molar-refractivity contribution in [1.82, 2.24) is 0 Å². The van der Waals surface area contributed by atoms with Crippen LogP contribution < -0.4 is 0 Å². The van der Waals surface area contributed by atoms with Gasteiger partial charge in [0.25, 0.3) is 0 Å². The van der Waals surface area contributed by atoms with Gasteiger partial charge in [-0.05, 0) is 6.92 Å². The average molecular weight is 162 g/mol. The molecule has 0 aliphatic rings. The van der Waals surface area contributed by atoms with Crippen molar-refractivity contribution in [3.63, 3.8) is 0 Å². The van der Waals surface area contributed by atoms with Crippen LogP contribution in [0.25, 0.3) is 10.8 Å². The highest BCUT2D eigenvalue weighted by Gasteiger charge is 2.09. The highest BCUT2D eigenvalue weighted by molar-refractivity contribution is 5.84. The van der Waals surface area contributed by atoms with Crippen molar-refractivity contribution in [3.05, 3.63) is 36.3 Å². The Morgan fingerprint density at radius 1 is 1.33 bits per heavy atom. The summed E-state index contributed by atoms with van der Waals surface area (Å²) < 4.78 is 5.23. The molecule has 0 unspecified atom stereocenters. The smallest absolute Gasteiger partial charge is 0.139 e. The van der Waals surface area contributed by atoms with Crippen LogP contribution in [0.2, 0.25) is 0 Å². The summed E-state index contributed by atoms with van der Waals surface area (Å²) in [4.78, 5) is 0. The number of aliphatic hydroxyl groups excluding tert-OH is 1. The fourth-order valence-electron chi connectivity index (χ4n) is 1.34. The molecule has 1 aromatic heterocycles. The maximum absolute atomic E-state index is 9.32. The van der Waals surface area contributed by atoms with Crippen LogP contribution in [-0.2, 0) is 0 Å². The Morgan fingerprint density at radius 2 is 2.08 bits per heavy atom. The summed E-state index contributed by atoms with van der Waals surface area (Å²) in [6, 6.07) is 7.79. The van der Waals surface area contributed by atoms with Gasteiger partial charge in [-0.2, -0.15) is 0 Å². The number of benzene rings is 1. The van der Waals surface area contributed by atoms with Crippen LogP contribution in [0.4, 0.5) is 0 Å². The van der Waals surface area contributed by atoms with E-state index in [-0.39, 0.29) is 0 Å². The Hall–Kier alpha value is -1.28. The molecule has 1 N–H and O–H groups in total. The molecule has 0 saturated heterocycles. The van der Waals surface area contributed by atoms with Gasteiger partial charge in [0.15, 0.2) is 0 Å². The molecule has 0 radical (unpaired) electrons. The van der Waals surface area contributed by atoms with Gasteiger partial charge in [0, 0.05) is 10.8 Å². The molecule has 0 saturated carbocycles. The zero-order valence-corrected chi connectivity index (χ0v) is 6.82. The number of rotatable bonds is 1. The molecule has 12 heavy (non-hydrogen) atoms. The summed E-state index contributed by atoms with van der Waals surface area (Å²) in [5.74, 6) is 0.644. The van der Waals surface area contributed by atoms with Gasteiger partial charge in [-0.15, -0.1) is 0 Å². The predicted octanol–water partition coefficient (Wildman–Crippen LogP) is 2.49. The Bertz CT molecular complexity index is 387. The molecule has 0 spiro atoms. The summed E-state index contributed by atoms with van der Waals surface area (Å²) in [5, 5.41) is 11.3. The number of fused-ring (bicyclic) bond motifs is 1. The van der Waals surface area contributed by atoms with Crippen molar-refractivity contribution in [2.75, 3.05) is 0 Å². The second-order valence-electron chi connectivity index (χ2n) is 2.86. The third-order valence-electron chi connectivity index (χ3n) is 1.92. The molecule has 0 fully saturated rings. The van der Waals surface area contributed by atoms with E-state index in [1.165, 1.54) is 0 Å². The van der Waals surface area contributed by atoms with E-state index >= 15 is 0 Å². The topological polar surface area (TPSA) is 33.4 Å². The summed E-state index contributed by atoms with van der Waals surface area (Å²) in [7, 11) is 0. The van der Waals surface area contributed by atoms with Gasteiger partial charge in [0.05, 0.1) is 6.26 Å². The zero-order valence-electron chi connectivity index (χ0n) is 6.82. The molecule has 2 heteroatoms. The third-order valence-corrected chi connectivity index (χ3v) is 1.92. The minimum atomic E-state index is -0.537. The summed E-state index contributed by atoms with van der Waals surface area (Å²) in [6.45, 7) is 1.70.